The minimum absolute atomic E-state index is 0.109. The summed E-state index contributed by atoms with van der Waals surface area (Å²) in [5, 5.41) is 8.71. The summed E-state index contributed by atoms with van der Waals surface area (Å²) in [7, 11) is 0. The number of amides is 4. The average molecular weight is 614 g/mol. The summed E-state index contributed by atoms with van der Waals surface area (Å²) >= 11 is 0. The Morgan fingerprint density at radius 2 is 1.73 bits per heavy atom. The van der Waals surface area contributed by atoms with Crippen molar-refractivity contribution in [2.24, 2.45) is 0 Å². The van der Waals surface area contributed by atoms with Gasteiger partial charge in [0.1, 0.15) is 17.7 Å². The highest BCUT2D eigenvalue weighted by atomic mass is 19.1. The van der Waals surface area contributed by atoms with Crippen LogP contribution in [0.5, 0.6) is 0 Å². The highest BCUT2D eigenvalue weighted by Gasteiger charge is 2.28. The van der Waals surface area contributed by atoms with Gasteiger partial charge >= 0.3 is 0 Å². The Hall–Kier alpha value is -5.19. The van der Waals surface area contributed by atoms with Crippen molar-refractivity contribution in [3.63, 3.8) is 0 Å². The van der Waals surface area contributed by atoms with Crippen LogP contribution in [0.3, 0.4) is 0 Å². The lowest BCUT2D eigenvalue weighted by Crippen LogP contribution is -2.49. The molecule has 0 saturated heterocycles. The molecular formula is C34H33F2N5O4. The molecule has 11 heteroatoms. The Bertz CT molecular complexity index is 1760. The molecule has 0 saturated carbocycles. The van der Waals surface area contributed by atoms with E-state index in [1.807, 2.05) is 0 Å². The van der Waals surface area contributed by atoms with Crippen LogP contribution in [0.1, 0.15) is 56.9 Å². The van der Waals surface area contributed by atoms with Crippen LogP contribution in [-0.4, -0.2) is 59.2 Å². The van der Waals surface area contributed by atoms with E-state index in [0.717, 1.165) is 0 Å². The summed E-state index contributed by atoms with van der Waals surface area (Å²) < 4.78 is 28.6. The molecule has 2 bridgehead atoms. The van der Waals surface area contributed by atoms with Crippen molar-refractivity contribution in [1.29, 1.82) is 0 Å². The fraction of sp³-hybridized carbons (Fsp3) is 0.265. The van der Waals surface area contributed by atoms with Gasteiger partial charge in [0.2, 0.25) is 11.8 Å². The predicted octanol–water partition coefficient (Wildman–Crippen LogP) is 4.00. The quantitative estimate of drug-likeness (QED) is 0.316. The van der Waals surface area contributed by atoms with Crippen LogP contribution in [0, 0.1) is 18.6 Å². The maximum Gasteiger partial charge on any atom is 0.255 e. The summed E-state index contributed by atoms with van der Waals surface area (Å²) in [6.07, 6.45) is 0.948. The van der Waals surface area contributed by atoms with Gasteiger partial charge in [0.25, 0.3) is 11.8 Å². The van der Waals surface area contributed by atoms with Gasteiger partial charge < -0.3 is 20.9 Å². The molecule has 1 aliphatic heterocycles. The van der Waals surface area contributed by atoms with Crippen molar-refractivity contribution in [2.75, 3.05) is 19.6 Å². The number of halogens is 2. The monoisotopic (exact) mass is 613 g/mol. The van der Waals surface area contributed by atoms with Gasteiger partial charge in [-0.3, -0.25) is 24.2 Å². The topological polar surface area (TPSA) is 121 Å². The van der Waals surface area contributed by atoms with Gasteiger partial charge in [0.15, 0.2) is 0 Å². The highest BCUT2D eigenvalue weighted by Crippen LogP contribution is 2.23. The van der Waals surface area contributed by atoms with E-state index < -0.39 is 47.3 Å². The van der Waals surface area contributed by atoms with Crippen molar-refractivity contribution in [3.05, 3.63) is 112 Å². The van der Waals surface area contributed by atoms with Crippen molar-refractivity contribution in [3.8, 4) is 0 Å². The first kappa shape index (κ1) is 31.2. The fourth-order valence-corrected chi connectivity index (χ4v) is 5.33. The van der Waals surface area contributed by atoms with Gasteiger partial charge in [0, 0.05) is 30.2 Å². The number of carbonyl (C=O) groups is 4. The van der Waals surface area contributed by atoms with Crippen LogP contribution in [0.25, 0.3) is 10.9 Å². The van der Waals surface area contributed by atoms with Crippen molar-refractivity contribution < 1.29 is 28.0 Å². The van der Waals surface area contributed by atoms with E-state index in [2.05, 4.69) is 20.9 Å². The van der Waals surface area contributed by atoms with Gasteiger partial charge in [-0.1, -0.05) is 36.4 Å². The molecule has 4 aromatic rings. The number of benzene rings is 3. The molecule has 0 aliphatic carbocycles. The van der Waals surface area contributed by atoms with Crippen LogP contribution in [0.2, 0.25) is 0 Å². The molecule has 232 valence electrons. The van der Waals surface area contributed by atoms with Crippen molar-refractivity contribution >= 4 is 34.5 Å². The number of aryl methyl sites for hydroxylation is 2. The second-order valence-electron chi connectivity index (χ2n) is 11.1. The fourth-order valence-electron chi connectivity index (χ4n) is 5.33. The number of pyridine rings is 1. The van der Waals surface area contributed by atoms with E-state index in [1.165, 1.54) is 42.2 Å². The maximum absolute atomic E-state index is 14.6. The van der Waals surface area contributed by atoms with E-state index in [0.29, 0.717) is 40.6 Å². The number of aromatic nitrogens is 1. The summed E-state index contributed by atoms with van der Waals surface area (Å²) in [6, 6.07) is 16.8. The van der Waals surface area contributed by atoms with Crippen LogP contribution < -0.4 is 16.0 Å². The average Bonchev–Trinajstić information content (AvgIpc) is 3.02. The third-order valence-corrected chi connectivity index (χ3v) is 7.65. The maximum atomic E-state index is 14.6. The van der Waals surface area contributed by atoms with E-state index in [-0.39, 0.29) is 30.8 Å². The Morgan fingerprint density at radius 1 is 0.956 bits per heavy atom. The lowest BCUT2D eigenvalue weighted by atomic mass is 10.0. The first-order valence-corrected chi connectivity index (χ1v) is 14.7. The molecular weight excluding hydrogens is 580 g/mol. The Labute approximate surface area is 259 Å². The minimum atomic E-state index is -1.06. The van der Waals surface area contributed by atoms with Crippen molar-refractivity contribution in [2.45, 2.75) is 38.8 Å². The van der Waals surface area contributed by atoms with Gasteiger partial charge in [-0.25, -0.2) is 8.78 Å². The van der Waals surface area contributed by atoms with Gasteiger partial charge in [-0.05, 0) is 68.1 Å². The molecule has 1 aromatic heterocycles. The normalized spacial score (nSPS) is 18.5. The first-order valence-electron chi connectivity index (χ1n) is 14.7. The molecule has 2 heterocycles. The summed E-state index contributed by atoms with van der Waals surface area (Å²) in [4.78, 5) is 59.5. The minimum Gasteiger partial charge on any atom is -0.355 e. The zero-order valence-electron chi connectivity index (χ0n) is 24.9. The molecule has 45 heavy (non-hydrogen) atoms. The number of rotatable bonds is 2. The zero-order chi connectivity index (χ0) is 32.1. The Balaban J connectivity index is 1.52. The molecule has 1 aliphatic rings. The largest absolute Gasteiger partial charge is 0.355 e. The molecule has 2 atom stereocenters. The highest BCUT2D eigenvalue weighted by molar-refractivity contribution is 6.07. The van der Waals surface area contributed by atoms with Crippen LogP contribution in [0.15, 0.2) is 72.8 Å². The Kier molecular flexibility index (Phi) is 9.46. The third kappa shape index (κ3) is 7.49. The standard InChI is InChI=1S/C34H33F2N5O4/c1-20-15-26(25-12-11-24(35)17-29(25)38-20)34(45)41-18-30(23-8-4-3-5-9-23)40-32(43)21(2)39-33(44)27-16-22(10-13-28(27)36)7-6-14-37-31(42)19-41/h3-5,8-13,15-17,21,30H,6-7,14,18-19H2,1-2H3,(H,37,42)(H,39,44)(H,40,43)/t21-,30-/m1/s1. The smallest absolute Gasteiger partial charge is 0.255 e. The van der Waals surface area contributed by atoms with E-state index in [4.69, 9.17) is 0 Å². The molecule has 4 amide bonds. The Morgan fingerprint density at radius 3 is 2.51 bits per heavy atom. The van der Waals surface area contributed by atoms with Crippen molar-refractivity contribution in [1.82, 2.24) is 25.8 Å². The third-order valence-electron chi connectivity index (χ3n) is 7.65. The zero-order valence-corrected chi connectivity index (χ0v) is 24.9. The van der Waals surface area contributed by atoms with E-state index >= 15 is 0 Å². The summed E-state index contributed by atoms with van der Waals surface area (Å²) in [6.45, 7) is 3.00. The van der Waals surface area contributed by atoms with Crippen LogP contribution in [-0.2, 0) is 16.0 Å². The van der Waals surface area contributed by atoms with E-state index in [1.54, 1.807) is 49.4 Å². The van der Waals surface area contributed by atoms with Crippen LogP contribution in [0.4, 0.5) is 8.78 Å². The second-order valence-corrected chi connectivity index (χ2v) is 11.1. The first-order chi connectivity index (χ1) is 21.6. The number of nitrogens with one attached hydrogen (secondary N) is 3. The number of hydrogen-bond acceptors (Lipinski definition) is 5. The molecule has 9 nitrogen and oxygen atoms in total. The molecule has 0 radical (unpaired) electrons. The van der Waals surface area contributed by atoms with Crippen LogP contribution >= 0.6 is 0 Å². The molecule has 3 aromatic carbocycles. The summed E-state index contributed by atoms with van der Waals surface area (Å²) in [5.74, 6) is -3.45. The lowest BCUT2D eigenvalue weighted by molar-refractivity contribution is -0.123. The molecule has 5 rings (SSSR count). The molecule has 0 unspecified atom stereocenters. The number of hydrogen-bond donors (Lipinski definition) is 3. The predicted molar refractivity (Wildman–Crippen MR) is 164 cm³/mol. The van der Waals surface area contributed by atoms with Gasteiger partial charge in [0.05, 0.1) is 29.2 Å². The number of nitrogens with zero attached hydrogens (tertiary/aromatic N) is 2. The molecule has 0 spiro atoms. The second kappa shape index (κ2) is 13.6. The van der Waals surface area contributed by atoms with Gasteiger partial charge in [-0.15, -0.1) is 0 Å². The van der Waals surface area contributed by atoms with Gasteiger partial charge in [-0.2, -0.15) is 0 Å². The lowest BCUT2D eigenvalue weighted by Gasteiger charge is -2.29. The molecule has 3 N–H and O–H groups in total. The summed E-state index contributed by atoms with van der Waals surface area (Å²) in [5.41, 5.74) is 2.18. The van der Waals surface area contributed by atoms with E-state index in [9.17, 15) is 28.0 Å². The number of carbonyl (C=O) groups excluding carboxylic acids is 4. The number of fused-ring (bicyclic) bond motifs is 3. The molecule has 0 fully saturated rings. The SMILES string of the molecule is Cc1cc(C(=O)N2CC(=O)NCCCc3ccc(F)c(c3)C(=O)N[C@H](C)C(=O)N[C@@H](c3ccccc3)C2)c2ccc(F)cc2n1.